The van der Waals surface area contributed by atoms with Crippen molar-refractivity contribution in [3.63, 3.8) is 0 Å². The summed E-state index contributed by atoms with van der Waals surface area (Å²) < 4.78 is 0. The van der Waals surface area contributed by atoms with Gasteiger partial charge in [-0.25, -0.2) is 4.98 Å². The van der Waals surface area contributed by atoms with Gasteiger partial charge in [0, 0.05) is 23.5 Å². The van der Waals surface area contributed by atoms with E-state index in [1.165, 1.54) is 11.1 Å². The summed E-state index contributed by atoms with van der Waals surface area (Å²) >= 11 is 6.22. The second-order valence-corrected chi connectivity index (χ2v) is 8.30. The van der Waals surface area contributed by atoms with Crippen molar-refractivity contribution in [1.82, 2.24) is 9.99 Å². The Morgan fingerprint density at radius 2 is 1.93 bits per heavy atom. The monoisotopic (exact) mass is 418 g/mol. The predicted molar refractivity (Wildman–Crippen MR) is 120 cm³/mol. The average molecular weight is 419 g/mol. The number of aromatic nitrogens is 1. The van der Waals surface area contributed by atoms with Gasteiger partial charge in [-0.05, 0) is 72.0 Å². The van der Waals surface area contributed by atoms with Crippen molar-refractivity contribution in [1.29, 1.82) is 0 Å². The highest BCUT2D eigenvalue weighted by molar-refractivity contribution is 6.30. The van der Waals surface area contributed by atoms with Crippen LogP contribution in [-0.2, 0) is 0 Å². The number of rotatable bonds is 3. The fourth-order valence-electron chi connectivity index (χ4n) is 4.42. The molecule has 5 rings (SSSR count). The van der Waals surface area contributed by atoms with E-state index in [-0.39, 0.29) is 18.1 Å². The zero-order valence-electron chi connectivity index (χ0n) is 16.7. The summed E-state index contributed by atoms with van der Waals surface area (Å²) in [6.07, 6.45) is 2.65. The molecule has 2 aliphatic heterocycles. The Labute approximate surface area is 180 Å². The molecule has 6 nitrogen and oxygen atoms in total. The smallest absolute Gasteiger partial charge is 0.123 e. The number of anilines is 2. The van der Waals surface area contributed by atoms with Crippen LogP contribution in [0, 0.1) is 0 Å². The lowest BCUT2D eigenvalue weighted by Crippen LogP contribution is -2.25. The molecule has 152 valence electrons. The van der Waals surface area contributed by atoms with Crippen molar-refractivity contribution < 1.29 is 0 Å². The van der Waals surface area contributed by atoms with Crippen molar-refractivity contribution >= 4 is 23.1 Å². The Morgan fingerprint density at radius 3 is 2.77 bits per heavy atom. The first-order valence-electron chi connectivity index (χ1n) is 10.1. The van der Waals surface area contributed by atoms with Crippen LogP contribution in [0.4, 0.5) is 11.5 Å². The van der Waals surface area contributed by atoms with E-state index >= 15 is 0 Å². The maximum atomic E-state index is 6.22. The molecule has 0 fully saturated rings. The van der Waals surface area contributed by atoms with E-state index < -0.39 is 0 Å². The highest BCUT2D eigenvalue weighted by Gasteiger charge is 2.36. The van der Waals surface area contributed by atoms with E-state index in [2.05, 4.69) is 50.8 Å². The number of halogens is 1. The van der Waals surface area contributed by atoms with E-state index in [0.717, 1.165) is 34.8 Å². The minimum absolute atomic E-state index is 0.121. The first-order chi connectivity index (χ1) is 14.6. The molecule has 1 aromatic heterocycles. The normalized spacial score (nSPS) is 22.3. The summed E-state index contributed by atoms with van der Waals surface area (Å²) in [6.45, 7) is 2.96. The molecule has 2 aliphatic rings. The highest BCUT2D eigenvalue weighted by Crippen LogP contribution is 2.42. The standard InChI is InChI=1S/C23H23ClN6/c1-14-23-19-6-5-15(16-7-9-26-22(25)12-16)11-20(19)21(8-10-30(23)29-28-14)27-18-4-2-3-17(24)13-18/h2-7,9,11-14,21,23,27H,8,10H2,1H3,(H2,25,26). The van der Waals surface area contributed by atoms with Crippen molar-refractivity contribution in [2.24, 2.45) is 10.3 Å². The first kappa shape index (κ1) is 18.9. The number of hydrogen-bond donors (Lipinski definition) is 2. The number of benzene rings is 2. The van der Waals surface area contributed by atoms with Gasteiger partial charge in [0.15, 0.2) is 0 Å². The Morgan fingerprint density at radius 1 is 1.07 bits per heavy atom. The van der Waals surface area contributed by atoms with E-state index in [1.54, 1.807) is 6.20 Å². The summed E-state index contributed by atoms with van der Waals surface area (Å²) in [5.74, 6) is 0.518. The van der Waals surface area contributed by atoms with Crippen LogP contribution < -0.4 is 11.1 Å². The fourth-order valence-corrected chi connectivity index (χ4v) is 4.61. The topological polar surface area (TPSA) is 78.9 Å². The average Bonchev–Trinajstić information content (AvgIpc) is 3.03. The molecule has 30 heavy (non-hydrogen) atoms. The second kappa shape index (κ2) is 7.61. The molecule has 2 aromatic carbocycles. The van der Waals surface area contributed by atoms with Crippen LogP contribution in [0.2, 0.25) is 5.02 Å². The summed E-state index contributed by atoms with van der Waals surface area (Å²) in [7, 11) is 0. The minimum Gasteiger partial charge on any atom is -0.384 e. The Bertz CT molecular complexity index is 1110. The summed E-state index contributed by atoms with van der Waals surface area (Å²) in [6, 6.07) is 18.8. The van der Waals surface area contributed by atoms with Gasteiger partial charge in [-0.15, -0.1) is 0 Å². The van der Waals surface area contributed by atoms with Gasteiger partial charge in [0.25, 0.3) is 0 Å². The maximum absolute atomic E-state index is 6.22. The van der Waals surface area contributed by atoms with Crippen molar-refractivity contribution in [2.45, 2.75) is 31.5 Å². The molecule has 0 amide bonds. The molecule has 7 heteroatoms. The van der Waals surface area contributed by atoms with Gasteiger partial charge in [-0.3, -0.25) is 5.01 Å². The largest absolute Gasteiger partial charge is 0.384 e. The number of nitrogens with zero attached hydrogens (tertiary/aromatic N) is 4. The lowest BCUT2D eigenvalue weighted by molar-refractivity contribution is 0.227. The Hall–Kier alpha value is -3.12. The van der Waals surface area contributed by atoms with Crippen molar-refractivity contribution in [2.75, 3.05) is 17.6 Å². The molecule has 3 unspecified atom stereocenters. The summed E-state index contributed by atoms with van der Waals surface area (Å²) in [4.78, 5) is 4.12. The number of pyridine rings is 1. The van der Waals surface area contributed by atoms with Crippen LogP contribution in [0.5, 0.6) is 0 Å². The third kappa shape index (κ3) is 3.48. The molecule has 0 aliphatic carbocycles. The maximum Gasteiger partial charge on any atom is 0.123 e. The zero-order chi connectivity index (χ0) is 20.7. The van der Waals surface area contributed by atoms with Gasteiger partial charge in [0.2, 0.25) is 0 Å². The third-order valence-electron chi connectivity index (χ3n) is 5.83. The zero-order valence-corrected chi connectivity index (χ0v) is 17.4. The van der Waals surface area contributed by atoms with Gasteiger partial charge in [-0.1, -0.05) is 35.0 Å². The first-order valence-corrected chi connectivity index (χ1v) is 10.5. The molecule has 3 aromatic rings. The number of fused-ring (bicyclic) bond motifs is 3. The molecule has 3 atom stereocenters. The lowest BCUT2D eigenvalue weighted by atomic mass is 9.89. The third-order valence-corrected chi connectivity index (χ3v) is 6.07. The van der Waals surface area contributed by atoms with Gasteiger partial charge in [-0.2, -0.15) is 5.11 Å². The van der Waals surface area contributed by atoms with Crippen LogP contribution in [0.3, 0.4) is 0 Å². The molecule has 0 bridgehead atoms. The molecule has 0 spiro atoms. The Balaban J connectivity index is 1.60. The molecular formula is C23H23ClN6. The molecule has 0 saturated heterocycles. The Kier molecular flexibility index (Phi) is 4.79. The van der Waals surface area contributed by atoms with Crippen LogP contribution in [0.25, 0.3) is 11.1 Å². The molecule has 3 heterocycles. The quantitative estimate of drug-likeness (QED) is 0.575. The molecular weight excluding hydrogens is 396 g/mol. The fraction of sp³-hybridized carbons (Fsp3) is 0.261. The van der Waals surface area contributed by atoms with Gasteiger partial charge in [0.05, 0.1) is 18.1 Å². The molecule has 0 saturated carbocycles. The molecule has 3 N–H and O–H groups in total. The van der Waals surface area contributed by atoms with Crippen LogP contribution in [0.1, 0.15) is 36.6 Å². The van der Waals surface area contributed by atoms with Crippen molar-refractivity contribution in [3.8, 4) is 11.1 Å². The van der Waals surface area contributed by atoms with Gasteiger partial charge >= 0.3 is 0 Å². The molecule has 0 radical (unpaired) electrons. The number of nitrogens with two attached hydrogens (primary N) is 1. The highest BCUT2D eigenvalue weighted by atomic mass is 35.5. The van der Waals surface area contributed by atoms with Crippen LogP contribution >= 0.6 is 11.6 Å². The minimum atomic E-state index is 0.121. The van der Waals surface area contributed by atoms with Gasteiger partial charge < -0.3 is 11.1 Å². The van der Waals surface area contributed by atoms with Crippen molar-refractivity contribution in [3.05, 3.63) is 76.9 Å². The summed E-state index contributed by atoms with van der Waals surface area (Å²) in [5, 5.41) is 15.4. The van der Waals surface area contributed by atoms with E-state index in [0.29, 0.717) is 5.82 Å². The van der Waals surface area contributed by atoms with E-state index in [1.807, 2.05) is 36.4 Å². The number of nitrogen functional groups attached to an aromatic ring is 1. The van der Waals surface area contributed by atoms with Crippen LogP contribution in [-0.4, -0.2) is 22.6 Å². The van der Waals surface area contributed by atoms with E-state index in [4.69, 9.17) is 17.3 Å². The number of hydrogen-bond acceptors (Lipinski definition) is 6. The SMILES string of the molecule is CC1N=NN2CCC(Nc3cccc(Cl)c3)c3cc(-c4ccnc(N)c4)ccc3C12. The summed E-state index contributed by atoms with van der Waals surface area (Å²) in [5.41, 5.74) is 11.6. The van der Waals surface area contributed by atoms with Crippen LogP contribution in [0.15, 0.2) is 71.1 Å². The predicted octanol–water partition coefficient (Wildman–Crippen LogP) is 5.65. The second-order valence-electron chi connectivity index (χ2n) is 7.86. The van der Waals surface area contributed by atoms with Gasteiger partial charge in [0.1, 0.15) is 5.82 Å². The van der Waals surface area contributed by atoms with E-state index in [9.17, 15) is 0 Å². The number of nitrogens with one attached hydrogen (secondary N) is 1. The lowest BCUT2D eigenvalue weighted by Gasteiger charge is -2.24.